The van der Waals surface area contributed by atoms with Crippen LogP contribution in [-0.2, 0) is 27.5 Å². The van der Waals surface area contributed by atoms with Crippen LogP contribution in [-0.4, -0.2) is 9.55 Å². The molecule has 7 heteroatoms. The molecular formula is C49H40FN4OPt-3. The Bertz CT molecular complexity index is 2780. The van der Waals surface area contributed by atoms with Crippen LogP contribution in [0.5, 0.6) is 11.5 Å². The van der Waals surface area contributed by atoms with E-state index in [1.807, 2.05) is 48.1 Å². The maximum Gasteiger partial charge on any atom is 0.135 e. The van der Waals surface area contributed by atoms with Gasteiger partial charge in [-0.1, -0.05) is 48.8 Å². The van der Waals surface area contributed by atoms with Crippen molar-refractivity contribution in [1.82, 2.24) is 9.55 Å². The van der Waals surface area contributed by atoms with Crippen molar-refractivity contribution >= 4 is 44.6 Å². The first kappa shape index (κ1) is 37.2. The van der Waals surface area contributed by atoms with Crippen LogP contribution < -0.4 is 14.5 Å². The van der Waals surface area contributed by atoms with Gasteiger partial charge in [0.1, 0.15) is 11.6 Å². The predicted molar refractivity (Wildman–Crippen MR) is 223 cm³/mol. The summed E-state index contributed by atoms with van der Waals surface area (Å²) in [6.45, 7) is 15.1. The third-order valence-electron chi connectivity index (χ3n) is 11.3. The number of anilines is 4. The summed E-state index contributed by atoms with van der Waals surface area (Å²) in [5.74, 6) is 1.68. The van der Waals surface area contributed by atoms with Crippen LogP contribution in [0, 0.1) is 59.2 Å². The number of hydrogen-bond acceptors (Lipinski definition) is 4. The van der Waals surface area contributed by atoms with Crippen molar-refractivity contribution in [3.8, 4) is 28.4 Å². The van der Waals surface area contributed by atoms with Gasteiger partial charge in [0.2, 0.25) is 0 Å². The van der Waals surface area contributed by atoms with Crippen molar-refractivity contribution in [2.45, 2.75) is 48.0 Å². The molecule has 0 saturated heterocycles. The molecule has 0 atom stereocenters. The zero-order valence-corrected chi connectivity index (χ0v) is 34.4. The number of ether oxygens (including phenoxy) is 1. The molecule has 0 unspecified atom stereocenters. The van der Waals surface area contributed by atoms with Gasteiger partial charge in [-0.3, -0.25) is 0 Å². The number of fused-ring (bicyclic) bond motifs is 4. The van der Waals surface area contributed by atoms with E-state index in [4.69, 9.17) is 9.72 Å². The van der Waals surface area contributed by atoms with Crippen molar-refractivity contribution in [2.75, 3.05) is 9.80 Å². The van der Waals surface area contributed by atoms with E-state index in [9.17, 15) is 4.39 Å². The Morgan fingerprint density at radius 1 is 0.679 bits per heavy atom. The van der Waals surface area contributed by atoms with Crippen LogP contribution in [0.25, 0.3) is 38.8 Å². The number of halogens is 1. The van der Waals surface area contributed by atoms with E-state index in [-0.39, 0.29) is 26.9 Å². The average Bonchev–Trinajstić information content (AvgIpc) is 3.75. The Hall–Kier alpha value is -5.71. The fourth-order valence-corrected chi connectivity index (χ4v) is 8.02. The second kappa shape index (κ2) is 14.7. The topological polar surface area (TPSA) is 33.5 Å². The van der Waals surface area contributed by atoms with Crippen molar-refractivity contribution in [2.24, 2.45) is 0 Å². The molecule has 6 aromatic carbocycles. The molecule has 1 aliphatic heterocycles. The first-order chi connectivity index (χ1) is 26.7. The Labute approximate surface area is 342 Å². The second-order valence-corrected chi connectivity index (χ2v) is 14.4. The summed E-state index contributed by atoms with van der Waals surface area (Å²) in [6.07, 6.45) is 2.79. The number of pyridine rings is 1. The van der Waals surface area contributed by atoms with E-state index in [0.29, 0.717) is 11.5 Å². The molecule has 0 bridgehead atoms. The first-order valence-corrected chi connectivity index (χ1v) is 18.7. The van der Waals surface area contributed by atoms with Gasteiger partial charge in [-0.2, -0.15) is 6.07 Å². The van der Waals surface area contributed by atoms with Crippen LogP contribution in [0.15, 0.2) is 115 Å². The zero-order valence-electron chi connectivity index (χ0n) is 32.1. The van der Waals surface area contributed by atoms with Crippen molar-refractivity contribution < 1.29 is 30.2 Å². The molecule has 0 amide bonds. The first-order valence-electron chi connectivity index (χ1n) is 18.7. The summed E-state index contributed by atoms with van der Waals surface area (Å²) in [6, 6.07) is 43.0. The van der Waals surface area contributed by atoms with Crippen molar-refractivity contribution in [3.63, 3.8) is 0 Å². The molecule has 0 fully saturated rings. The molecular weight excluding hydrogens is 875 g/mol. The van der Waals surface area contributed by atoms with Gasteiger partial charge >= 0.3 is 0 Å². The van der Waals surface area contributed by atoms with Crippen LogP contribution >= 0.6 is 0 Å². The normalized spacial score (nSPS) is 12.3. The van der Waals surface area contributed by atoms with Crippen LogP contribution in [0.4, 0.5) is 27.1 Å². The minimum atomic E-state index is -0.289. The summed E-state index contributed by atoms with van der Waals surface area (Å²) in [5.41, 5.74) is 15.1. The number of para-hydroxylation sites is 3. The van der Waals surface area contributed by atoms with Gasteiger partial charge in [-0.25, -0.2) is 9.37 Å². The fourth-order valence-electron chi connectivity index (χ4n) is 8.02. The molecule has 0 radical (unpaired) electrons. The summed E-state index contributed by atoms with van der Waals surface area (Å²) < 4.78 is 23.5. The largest absolute Gasteiger partial charge is 0.509 e. The van der Waals surface area contributed by atoms with E-state index < -0.39 is 0 Å². The van der Waals surface area contributed by atoms with E-state index in [1.165, 1.54) is 45.0 Å². The number of rotatable bonds is 7. The molecule has 0 N–H and O–H groups in total. The number of aromatic nitrogens is 2. The van der Waals surface area contributed by atoms with E-state index in [0.717, 1.165) is 62.4 Å². The van der Waals surface area contributed by atoms with Gasteiger partial charge in [0.25, 0.3) is 0 Å². The molecule has 8 aromatic rings. The summed E-state index contributed by atoms with van der Waals surface area (Å²) in [7, 11) is 0. The van der Waals surface area contributed by atoms with Crippen molar-refractivity contribution in [3.05, 3.63) is 173 Å². The second-order valence-electron chi connectivity index (χ2n) is 14.4. The quantitative estimate of drug-likeness (QED) is 0.149. The van der Waals surface area contributed by atoms with Crippen LogP contribution in [0.1, 0.15) is 40.3 Å². The van der Waals surface area contributed by atoms with Gasteiger partial charge in [-0.05, 0) is 134 Å². The number of nitrogens with zero attached hydrogens (tertiary/aromatic N) is 4. The monoisotopic (exact) mass is 914 g/mol. The summed E-state index contributed by atoms with van der Waals surface area (Å²) in [4.78, 5) is 8.91. The minimum absolute atomic E-state index is 0. The maximum absolute atomic E-state index is 14.5. The maximum atomic E-state index is 14.5. The van der Waals surface area contributed by atoms with Crippen LogP contribution in [0.3, 0.4) is 0 Å². The third-order valence-corrected chi connectivity index (χ3v) is 11.3. The Balaban J connectivity index is 0.00000441. The molecule has 5 nitrogen and oxygen atoms in total. The third kappa shape index (κ3) is 6.26. The van der Waals surface area contributed by atoms with Crippen molar-refractivity contribution in [1.29, 1.82) is 0 Å². The van der Waals surface area contributed by atoms with Gasteiger partial charge in [0.05, 0.1) is 0 Å². The fraction of sp³-hybridized carbons (Fsp3) is 0.143. The molecule has 2 aromatic heterocycles. The minimum Gasteiger partial charge on any atom is -0.509 e. The van der Waals surface area contributed by atoms with E-state index in [2.05, 4.69) is 124 Å². The Morgan fingerprint density at radius 3 is 2.14 bits per heavy atom. The molecule has 1 aliphatic rings. The molecule has 56 heavy (non-hydrogen) atoms. The summed E-state index contributed by atoms with van der Waals surface area (Å²) in [5, 5.41) is 2.20. The zero-order chi connectivity index (χ0) is 38.0. The smallest absolute Gasteiger partial charge is 0.135 e. The van der Waals surface area contributed by atoms with Gasteiger partial charge in [0.15, 0.2) is 0 Å². The molecule has 0 aliphatic carbocycles. The SMILES string of the molecule is CCc1ccnc(-n2c3[c-]c(Oc4[c-]c(N5[CH-]N(c6cccc(F)c6)c6ccccc65)cc(-c5c(C)c(C)c(C)c(C)c5C)c4)ccc3c3ccccc32)c1.[Pt]. The average molecular weight is 915 g/mol. The van der Waals surface area contributed by atoms with Crippen LogP contribution in [0.2, 0.25) is 0 Å². The number of hydrogen-bond donors (Lipinski definition) is 0. The van der Waals surface area contributed by atoms with E-state index in [1.54, 1.807) is 12.1 Å². The van der Waals surface area contributed by atoms with E-state index >= 15 is 0 Å². The molecule has 0 saturated carbocycles. The molecule has 9 rings (SSSR count). The molecule has 0 spiro atoms. The number of aryl methyl sites for hydroxylation is 1. The molecule has 3 heterocycles. The summed E-state index contributed by atoms with van der Waals surface area (Å²) >= 11 is 0. The van der Waals surface area contributed by atoms with Gasteiger partial charge in [0, 0.05) is 61.3 Å². The predicted octanol–water partition coefficient (Wildman–Crippen LogP) is 12.9. The number of benzene rings is 6. The Morgan fingerprint density at radius 2 is 1.39 bits per heavy atom. The standard InChI is InChI=1S/C49H40FN4O.Pt/c1-7-35-21-22-51-48(23-35)54-44-16-9-8-15-42(44)43-20-19-40(28-47(43)54)55-41-25-36(49-33(5)31(3)30(2)32(4)34(49)6)24-39(27-41)53-29-52(38-14-12-13-37(50)26-38)45-17-10-11-18-46(45)53;/h8-26,29H,7H2,1-6H3;/q-3;. The van der Waals surface area contributed by atoms with Gasteiger partial charge < -0.3 is 19.1 Å². The Kier molecular flexibility index (Phi) is 9.80. The molecule has 282 valence electrons. The van der Waals surface area contributed by atoms with Gasteiger partial charge in [-0.15, -0.1) is 53.6 Å².